The number of hydrogen-bond acceptors (Lipinski definition) is 6. The van der Waals surface area contributed by atoms with Crippen molar-refractivity contribution in [2.24, 2.45) is 41.5 Å². The van der Waals surface area contributed by atoms with Crippen LogP contribution >= 0.6 is 11.8 Å². The van der Waals surface area contributed by atoms with E-state index in [2.05, 4.69) is 18.8 Å². The second-order valence-corrected chi connectivity index (χ2v) is 13.2. The summed E-state index contributed by atoms with van der Waals surface area (Å²) in [7, 11) is 1.95. The maximum atomic E-state index is 13.7. The van der Waals surface area contributed by atoms with Gasteiger partial charge < -0.3 is 14.8 Å². The lowest BCUT2D eigenvalue weighted by Crippen LogP contribution is -2.62. The Morgan fingerprint density at radius 1 is 1.27 bits per heavy atom. The number of rotatable bonds is 4. The van der Waals surface area contributed by atoms with E-state index in [-0.39, 0.29) is 46.4 Å². The van der Waals surface area contributed by atoms with Crippen molar-refractivity contribution in [3.05, 3.63) is 48.1 Å². The first-order chi connectivity index (χ1) is 17.5. The fourth-order valence-corrected chi connectivity index (χ4v) is 9.67. The Kier molecular flexibility index (Phi) is 5.69. The highest BCUT2D eigenvalue weighted by molar-refractivity contribution is 7.99. The van der Waals surface area contributed by atoms with E-state index < -0.39 is 17.1 Å². The molecule has 7 heteroatoms. The van der Waals surface area contributed by atoms with Gasteiger partial charge in [-0.3, -0.25) is 9.59 Å². The van der Waals surface area contributed by atoms with Gasteiger partial charge in [0.2, 0.25) is 0 Å². The first kappa shape index (κ1) is 25.1. The summed E-state index contributed by atoms with van der Waals surface area (Å²) in [6, 6.07) is 7.89. The highest BCUT2D eigenvalue weighted by Gasteiger charge is 2.68. The van der Waals surface area contributed by atoms with Crippen molar-refractivity contribution in [3.8, 4) is 0 Å². The van der Waals surface area contributed by atoms with Crippen LogP contribution in [0.2, 0.25) is 0 Å². The second kappa shape index (κ2) is 8.39. The molecular weight excluding hydrogens is 484 g/mol. The molecule has 0 bridgehead atoms. The average Bonchev–Trinajstić information content (AvgIpc) is 3.32. The normalized spacial score (nSPS) is 40.8. The lowest BCUT2D eigenvalue weighted by Gasteiger charge is -2.60. The number of carbonyl (C=O) groups excluding carboxylic acids is 2. The number of allylic oxidation sites excluding steroid dienone is 4. The fraction of sp³-hybridized carbons (Fsp3) is 0.567. The van der Waals surface area contributed by atoms with Crippen molar-refractivity contribution in [2.75, 3.05) is 5.75 Å². The standard InChI is InChI=1S/C30H36N2O4S/c1-17-13-19-20-10-12-30(36,25(35)16-37-27-31-22-7-5-6-8-23(22)32(27)4)29(20,3)15-24(34)26(19)28(2)11-9-18(33)14-21(17)28/h5-9,11,14,17,19-20,24,26,34,36H,10,12-13,15-16H2,1-4H3/t17-,19?,20?,24-,26?,28?,29?,30-/m0/s1. The zero-order chi connectivity index (χ0) is 26.3. The highest BCUT2D eigenvalue weighted by atomic mass is 32.2. The summed E-state index contributed by atoms with van der Waals surface area (Å²) < 4.78 is 1.99. The molecule has 0 aliphatic heterocycles. The number of aryl methyl sites for hydroxylation is 1. The minimum atomic E-state index is -1.47. The van der Waals surface area contributed by atoms with E-state index in [0.29, 0.717) is 12.8 Å². The number of aliphatic hydroxyl groups is 2. The van der Waals surface area contributed by atoms with Gasteiger partial charge in [0.15, 0.2) is 16.7 Å². The molecule has 0 saturated heterocycles. The SMILES string of the molecule is C[C@H]1CC2C([C@@H](O)CC3(C)C2CC[C@]3(O)C(=O)CSc2nc3ccccc3n2C)C2(C)C=CC(=O)C=C12. The minimum Gasteiger partial charge on any atom is -0.393 e. The van der Waals surface area contributed by atoms with Gasteiger partial charge in [0.05, 0.1) is 22.9 Å². The topological polar surface area (TPSA) is 92.4 Å². The van der Waals surface area contributed by atoms with E-state index in [1.807, 2.05) is 48.9 Å². The van der Waals surface area contributed by atoms with Crippen molar-refractivity contribution in [1.82, 2.24) is 9.55 Å². The molecule has 2 N–H and O–H groups in total. The van der Waals surface area contributed by atoms with Crippen molar-refractivity contribution in [1.29, 1.82) is 0 Å². The third kappa shape index (κ3) is 3.43. The lowest BCUT2D eigenvalue weighted by molar-refractivity contribution is -0.176. The number of thioether (sulfide) groups is 1. The number of ketones is 2. The van der Waals surface area contributed by atoms with Gasteiger partial charge in [0, 0.05) is 23.8 Å². The second-order valence-electron chi connectivity index (χ2n) is 12.3. The van der Waals surface area contributed by atoms with Crippen molar-refractivity contribution >= 4 is 34.4 Å². The van der Waals surface area contributed by atoms with Crippen molar-refractivity contribution in [2.45, 2.75) is 63.3 Å². The van der Waals surface area contributed by atoms with Gasteiger partial charge in [0.1, 0.15) is 5.60 Å². The summed E-state index contributed by atoms with van der Waals surface area (Å²) in [5.41, 5.74) is 0.477. The number of nitrogens with zero attached hydrogens (tertiary/aromatic N) is 2. The van der Waals surface area contributed by atoms with E-state index in [0.717, 1.165) is 34.6 Å². The zero-order valence-electron chi connectivity index (χ0n) is 22.0. The molecule has 1 aromatic carbocycles. The van der Waals surface area contributed by atoms with Crippen molar-refractivity contribution in [3.63, 3.8) is 0 Å². The molecule has 0 amide bonds. The summed E-state index contributed by atoms with van der Waals surface area (Å²) in [5, 5.41) is 24.4. The summed E-state index contributed by atoms with van der Waals surface area (Å²) in [4.78, 5) is 30.6. The Balaban J connectivity index is 1.27. The number of aromatic nitrogens is 2. The molecule has 1 aromatic heterocycles. The smallest absolute Gasteiger partial charge is 0.178 e. The van der Waals surface area contributed by atoms with E-state index in [1.165, 1.54) is 11.8 Å². The maximum absolute atomic E-state index is 13.7. The van der Waals surface area contributed by atoms with Crippen LogP contribution in [-0.4, -0.2) is 48.8 Å². The number of benzene rings is 1. The molecule has 6 nitrogen and oxygen atoms in total. The third-order valence-electron chi connectivity index (χ3n) is 10.5. The fourth-order valence-electron chi connectivity index (χ4n) is 8.71. The largest absolute Gasteiger partial charge is 0.393 e. The average molecular weight is 521 g/mol. The molecule has 2 aromatic rings. The molecule has 4 aliphatic rings. The Labute approximate surface area is 222 Å². The molecule has 196 valence electrons. The Morgan fingerprint density at radius 3 is 2.78 bits per heavy atom. The van der Waals surface area contributed by atoms with Gasteiger partial charge in [-0.05, 0) is 67.7 Å². The van der Waals surface area contributed by atoms with E-state index in [4.69, 9.17) is 0 Å². The van der Waals surface area contributed by atoms with Crippen LogP contribution in [0.1, 0.15) is 46.5 Å². The van der Waals surface area contributed by atoms with Crippen LogP contribution in [0.25, 0.3) is 11.0 Å². The number of imidazole rings is 1. The van der Waals surface area contributed by atoms with Gasteiger partial charge in [-0.2, -0.15) is 0 Å². The number of Topliss-reactive ketones (excluding diaryl/α,β-unsaturated/α-hetero) is 1. The zero-order valence-corrected chi connectivity index (χ0v) is 22.8. The van der Waals surface area contributed by atoms with Gasteiger partial charge >= 0.3 is 0 Å². The van der Waals surface area contributed by atoms with E-state index in [9.17, 15) is 19.8 Å². The van der Waals surface area contributed by atoms with Crippen LogP contribution in [0.5, 0.6) is 0 Å². The number of hydrogen-bond donors (Lipinski definition) is 2. The molecule has 0 radical (unpaired) electrons. The Hall–Kier alpha value is -2.22. The molecule has 8 atom stereocenters. The number of fused-ring (bicyclic) bond motifs is 6. The van der Waals surface area contributed by atoms with Gasteiger partial charge in [-0.25, -0.2) is 4.98 Å². The van der Waals surface area contributed by atoms with Crippen LogP contribution in [0.15, 0.2) is 53.2 Å². The van der Waals surface area contributed by atoms with Crippen LogP contribution in [0.3, 0.4) is 0 Å². The van der Waals surface area contributed by atoms with Crippen LogP contribution < -0.4 is 0 Å². The van der Waals surface area contributed by atoms with Crippen LogP contribution in [0, 0.1) is 34.5 Å². The van der Waals surface area contributed by atoms with Crippen LogP contribution in [0.4, 0.5) is 0 Å². The Morgan fingerprint density at radius 2 is 2.03 bits per heavy atom. The maximum Gasteiger partial charge on any atom is 0.178 e. The molecule has 6 rings (SSSR count). The molecule has 5 unspecified atom stereocenters. The van der Waals surface area contributed by atoms with Gasteiger partial charge in [-0.15, -0.1) is 0 Å². The molecule has 37 heavy (non-hydrogen) atoms. The molecule has 0 spiro atoms. The first-order valence-electron chi connectivity index (χ1n) is 13.4. The first-order valence-corrected chi connectivity index (χ1v) is 14.4. The highest BCUT2D eigenvalue weighted by Crippen LogP contribution is 2.67. The molecule has 1 heterocycles. The van der Waals surface area contributed by atoms with E-state index in [1.54, 1.807) is 12.2 Å². The summed E-state index contributed by atoms with van der Waals surface area (Å²) in [5.74, 6) is 0.509. The molecular formula is C30H36N2O4S. The van der Waals surface area contributed by atoms with E-state index >= 15 is 0 Å². The Bertz CT molecular complexity index is 1360. The monoisotopic (exact) mass is 520 g/mol. The quantitative estimate of drug-likeness (QED) is 0.577. The number of para-hydroxylation sites is 2. The number of aliphatic hydroxyl groups excluding tert-OH is 1. The van der Waals surface area contributed by atoms with Crippen molar-refractivity contribution < 1.29 is 19.8 Å². The molecule has 4 aliphatic carbocycles. The number of carbonyl (C=O) groups is 2. The predicted octanol–water partition coefficient (Wildman–Crippen LogP) is 4.49. The summed E-state index contributed by atoms with van der Waals surface area (Å²) in [6.07, 6.45) is 7.21. The summed E-state index contributed by atoms with van der Waals surface area (Å²) >= 11 is 1.37. The van der Waals surface area contributed by atoms with Crippen LogP contribution in [-0.2, 0) is 16.6 Å². The third-order valence-corrected chi connectivity index (χ3v) is 11.5. The lowest BCUT2D eigenvalue weighted by atomic mass is 9.45. The summed E-state index contributed by atoms with van der Waals surface area (Å²) in [6.45, 7) is 6.35. The minimum absolute atomic E-state index is 0.0202. The van der Waals surface area contributed by atoms with Gasteiger partial charge in [0.25, 0.3) is 0 Å². The van der Waals surface area contributed by atoms with Gasteiger partial charge in [-0.1, -0.05) is 56.3 Å². The predicted molar refractivity (Wildman–Crippen MR) is 144 cm³/mol. The molecule has 3 saturated carbocycles. The molecule has 3 fully saturated rings.